The van der Waals surface area contributed by atoms with Crippen molar-refractivity contribution >= 4 is 49.7 Å². The molecule has 3 heterocycles. The van der Waals surface area contributed by atoms with Crippen molar-refractivity contribution in [1.82, 2.24) is 14.5 Å². The van der Waals surface area contributed by atoms with E-state index in [1.165, 1.54) is 13.5 Å². The first-order valence-corrected chi connectivity index (χ1v) is 12.9. The maximum absolute atomic E-state index is 12.9. The highest BCUT2D eigenvalue weighted by atomic mass is 32.2. The summed E-state index contributed by atoms with van der Waals surface area (Å²) in [6.45, 7) is 3.84. The fraction of sp³-hybridized carbons (Fsp3) is 0.333. The topological polar surface area (TPSA) is 147 Å². The standard InChI is InChI=1S/C21H24N6O5S2/c1-13-6-7-14(16(10-13)27-8-4-3-5-9-27)23-19(30)25-20-22-11-17(33-20)34(31,32)21-24-15(18(28)29)12-26(21)2/h6-7,10-12H,3-5,8-9H2,1-2H3,(H,28,29)(H2,22,23,25,30). The summed E-state index contributed by atoms with van der Waals surface area (Å²) in [5, 5.41) is 14.1. The third-order valence-corrected chi connectivity index (χ3v) is 8.47. The SMILES string of the molecule is Cc1ccc(NC(=O)Nc2ncc(S(=O)(=O)c3nc(C(=O)O)cn3C)s2)c(N2CCCCC2)c1. The monoisotopic (exact) mass is 504 g/mol. The van der Waals surface area contributed by atoms with E-state index in [4.69, 9.17) is 5.11 Å². The van der Waals surface area contributed by atoms with Crippen LogP contribution in [-0.2, 0) is 16.9 Å². The second kappa shape index (κ2) is 9.43. The van der Waals surface area contributed by atoms with Gasteiger partial charge in [0.05, 0.1) is 17.6 Å². The van der Waals surface area contributed by atoms with Crippen molar-refractivity contribution in [3.63, 3.8) is 0 Å². The number of rotatable bonds is 6. The summed E-state index contributed by atoms with van der Waals surface area (Å²) in [6.07, 6.45) is 5.61. The molecule has 0 radical (unpaired) electrons. The van der Waals surface area contributed by atoms with E-state index in [-0.39, 0.29) is 15.0 Å². The van der Waals surface area contributed by atoms with Gasteiger partial charge in [-0.3, -0.25) is 5.32 Å². The van der Waals surface area contributed by atoms with Gasteiger partial charge >= 0.3 is 12.0 Å². The highest BCUT2D eigenvalue weighted by molar-refractivity contribution is 7.93. The number of urea groups is 1. The summed E-state index contributed by atoms with van der Waals surface area (Å²) in [4.78, 5) is 33.7. The van der Waals surface area contributed by atoms with E-state index in [1.807, 2.05) is 25.1 Å². The van der Waals surface area contributed by atoms with Gasteiger partial charge in [0.15, 0.2) is 10.8 Å². The van der Waals surface area contributed by atoms with Gasteiger partial charge in [0, 0.05) is 26.3 Å². The Balaban J connectivity index is 1.50. The van der Waals surface area contributed by atoms with Crippen LogP contribution in [0.2, 0.25) is 0 Å². The van der Waals surface area contributed by atoms with E-state index in [1.54, 1.807) is 0 Å². The lowest BCUT2D eigenvalue weighted by atomic mass is 10.1. The molecule has 0 aliphatic carbocycles. The second-order valence-corrected chi connectivity index (χ2v) is 11.1. The number of nitrogens with one attached hydrogen (secondary N) is 2. The van der Waals surface area contributed by atoms with Gasteiger partial charge in [-0.25, -0.2) is 28.0 Å². The first-order chi connectivity index (χ1) is 16.1. The van der Waals surface area contributed by atoms with Gasteiger partial charge in [-0.2, -0.15) is 0 Å². The van der Waals surface area contributed by atoms with Gasteiger partial charge in [-0.15, -0.1) is 0 Å². The number of carbonyl (C=O) groups is 2. The molecule has 1 aromatic carbocycles. The summed E-state index contributed by atoms with van der Waals surface area (Å²) >= 11 is 0.752. The van der Waals surface area contributed by atoms with Crippen LogP contribution in [0.1, 0.15) is 35.3 Å². The zero-order valence-corrected chi connectivity index (χ0v) is 20.2. The molecule has 0 saturated carbocycles. The number of imidazole rings is 1. The Kier molecular flexibility index (Phi) is 6.57. The number of benzene rings is 1. The number of anilines is 3. The summed E-state index contributed by atoms with van der Waals surface area (Å²) in [6, 6.07) is 5.24. The van der Waals surface area contributed by atoms with Gasteiger partial charge < -0.3 is 19.9 Å². The molecule has 0 bridgehead atoms. The van der Waals surface area contributed by atoms with Crippen molar-refractivity contribution in [2.45, 2.75) is 35.6 Å². The molecular weight excluding hydrogens is 480 g/mol. The fourth-order valence-electron chi connectivity index (χ4n) is 3.73. The number of hydrogen-bond donors (Lipinski definition) is 3. The zero-order chi connectivity index (χ0) is 24.5. The van der Waals surface area contributed by atoms with E-state index in [0.717, 1.165) is 65.5 Å². The van der Waals surface area contributed by atoms with Crippen LogP contribution in [0.5, 0.6) is 0 Å². The fourth-order valence-corrected chi connectivity index (χ4v) is 6.19. The average molecular weight is 505 g/mol. The lowest BCUT2D eigenvalue weighted by molar-refractivity contribution is 0.0690. The van der Waals surface area contributed by atoms with Crippen molar-refractivity contribution in [2.24, 2.45) is 7.05 Å². The molecule has 13 heteroatoms. The van der Waals surface area contributed by atoms with Crippen molar-refractivity contribution < 1.29 is 23.1 Å². The highest BCUT2D eigenvalue weighted by Crippen LogP contribution is 2.31. The number of aromatic carboxylic acids is 1. The van der Waals surface area contributed by atoms with Crippen LogP contribution in [0.25, 0.3) is 0 Å². The first-order valence-electron chi connectivity index (χ1n) is 10.6. The maximum atomic E-state index is 12.9. The summed E-state index contributed by atoms with van der Waals surface area (Å²) in [7, 11) is -2.73. The third-order valence-electron chi connectivity index (χ3n) is 5.36. The molecule has 4 rings (SSSR count). The number of carboxylic acids is 1. The molecule has 0 atom stereocenters. The van der Waals surface area contributed by atoms with Crippen LogP contribution in [0, 0.1) is 6.92 Å². The van der Waals surface area contributed by atoms with Crippen LogP contribution >= 0.6 is 11.3 Å². The number of thiazole rings is 1. The summed E-state index contributed by atoms with van der Waals surface area (Å²) in [5.74, 6) is -1.33. The molecule has 3 N–H and O–H groups in total. The Morgan fingerprint density at radius 3 is 2.56 bits per heavy atom. The zero-order valence-electron chi connectivity index (χ0n) is 18.6. The largest absolute Gasteiger partial charge is 0.476 e. The van der Waals surface area contributed by atoms with E-state index < -0.39 is 27.0 Å². The number of amides is 2. The number of piperidine rings is 1. The van der Waals surface area contributed by atoms with Crippen LogP contribution in [0.4, 0.5) is 21.3 Å². The molecule has 2 aromatic heterocycles. The number of aromatic nitrogens is 3. The first kappa shape index (κ1) is 23.7. The lowest BCUT2D eigenvalue weighted by Gasteiger charge is -2.30. The summed E-state index contributed by atoms with van der Waals surface area (Å²) < 4.78 is 26.7. The van der Waals surface area contributed by atoms with E-state index in [2.05, 4.69) is 25.5 Å². The smallest absolute Gasteiger partial charge is 0.356 e. The molecule has 180 valence electrons. The number of sulfone groups is 1. The normalized spacial score (nSPS) is 14.1. The van der Waals surface area contributed by atoms with E-state index in [9.17, 15) is 18.0 Å². The molecule has 1 saturated heterocycles. The van der Waals surface area contributed by atoms with Crippen LogP contribution in [0.15, 0.2) is 40.0 Å². The Morgan fingerprint density at radius 1 is 1.15 bits per heavy atom. The van der Waals surface area contributed by atoms with Crippen molar-refractivity contribution in [2.75, 3.05) is 28.6 Å². The predicted molar refractivity (Wildman–Crippen MR) is 128 cm³/mol. The highest BCUT2D eigenvalue weighted by Gasteiger charge is 2.28. The molecule has 3 aromatic rings. The molecule has 11 nitrogen and oxygen atoms in total. The predicted octanol–water partition coefficient (Wildman–Crippen LogP) is 3.35. The molecule has 1 aliphatic rings. The van der Waals surface area contributed by atoms with Crippen LogP contribution in [0.3, 0.4) is 0 Å². The van der Waals surface area contributed by atoms with Gasteiger partial charge in [0.25, 0.3) is 9.84 Å². The maximum Gasteiger partial charge on any atom is 0.356 e. The molecule has 1 fully saturated rings. The average Bonchev–Trinajstić information content (AvgIpc) is 3.43. The van der Waals surface area contributed by atoms with E-state index in [0.29, 0.717) is 5.69 Å². The third kappa shape index (κ3) is 4.89. The molecule has 0 unspecified atom stereocenters. The van der Waals surface area contributed by atoms with Crippen LogP contribution < -0.4 is 15.5 Å². The number of carbonyl (C=O) groups excluding carboxylic acids is 1. The molecular formula is C21H24N6O5S2. The minimum atomic E-state index is -4.12. The van der Waals surface area contributed by atoms with Gasteiger partial charge in [-0.1, -0.05) is 17.4 Å². The van der Waals surface area contributed by atoms with Gasteiger partial charge in [0.2, 0.25) is 5.16 Å². The minimum Gasteiger partial charge on any atom is -0.476 e. The Hall–Kier alpha value is -3.45. The quantitative estimate of drug-likeness (QED) is 0.463. The van der Waals surface area contributed by atoms with Crippen molar-refractivity contribution in [1.29, 1.82) is 0 Å². The molecule has 0 spiro atoms. The van der Waals surface area contributed by atoms with Gasteiger partial charge in [-0.05, 0) is 43.9 Å². The van der Waals surface area contributed by atoms with E-state index >= 15 is 0 Å². The van der Waals surface area contributed by atoms with Crippen LogP contribution in [-0.4, -0.2) is 53.1 Å². The second-order valence-electron chi connectivity index (χ2n) is 7.96. The number of aryl methyl sites for hydroxylation is 2. The Bertz CT molecular complexity index is 1340. The Labute approximate surface area is 200 Å². The molecule has 1 aliphatic heterocycles. The lowest BCUT2D eigenvalue weighted by Crippen LogP contribution is -2.31. The summed E-state index contributed by atoms with van der Waals surface area (Å²) in [5.41, 5.74) is 2.30. The Morgan fingerprint density at radius 2 is 1.88 bits per heavy atom. The van der Waals surface area contributed by atoms with Gasteiger partial charge in [0.1, 0.15) is 4.21 Å². The minimum absolute atomic E-state index is 0.0791. The number of hydrogen-bond acceptors (Lipinski definition) is 8. The van der Waals surface area contributed by atoms with Crippen molar-refractivity contribution in [3.8, 4) is 0 Å². The number of carboxylic acid groups (broad SMARTS) is 1. The molecule has 2 amide bonds. The molecule has 34 heavy (non-hydrogen) atoms. The number of nitrogens with zero attached hydrogens (tertiary/aromatic N) is 4. The van der Waals surface area contributed by atoms with Crippen molar-refractivity contribution in [3.05, 3.63) is 41.9 Å².